The van der Waals surface area contributed by atoms with Crippen LogP contribution in [0.3, 0.4) is 0 Å². The summed E-state index contributed by atoms with van der Waals surface area (Å²) in [5, 5.41) is 24.4. The van der Waals surface area contributed by atoms with Gasteiger partial charge in [-0.05, 0) is 50.3 Å². The minimum Gasteiger partial charge on any atom is -0.513 e. The largest absolute Gasteiger partial charge is 0.513 e. The van der Waals surface area contributed by atoms with E-state index in [0.717, 1.165) is 10.2 Å². The van der Waals surface area contributed by atoms with Crippen molar-refractivity contribution in [3.05, 3.63) is 39.0 Å². The van der Waals surface area contributed by atoms with Crippen molar-refractivity contribution >= 4 is 27.3 Å². The molecular weight excluding hydrogens is 352 g/mol. The molecule has 0 saturated carbocycles. The molecule has 7 heteroatoms. The number of aliphatic hydroxyl groups is 1. The van der Waals surface area contributed by atoms with E-state index in [2.05, 4.69) is 70.0 Å². The third-order valence-corrected chi connectivity index (χ3v) is 5.10. The second-order valence-corrected chi connectivity index (χ2v) is 8.69. The molecule has 2 aromatic heterocycles. The molecule has 2 N–H and O–H groups in total. The fourth-order valence-corrected chi connectivity index (χ4v) is 4.25. The lowest BCUT2D eigenvalue weighted by Crippen LogP contribution is -2.30. The molecule has 0 bridgehead atoms. The number of hydrogen-bond donors (Lipinski definition) is 2. The molecule has 0 aliphatic carbocycles. The molecule has 2 rings (SSSR count). The normalized spacial score (nSPS) is 14.9. The number of rotatable bonds is 5. The van der Waals surface area contributed by atoms with E-state index in [0.29, 0.717) is 5.82 Å². The van der Waals surface area contributed by atoms with Gasteiger partial charge in [0.15, 0.2) is 5.82 Å². The quantitative estimate of drug-likeness (QED) is 0.777. The second-order valence-electron chi connectivity index (χ2n) is 6.14. The first-order chi connectivity index (χ1) is 9.79. The van der Waals surface area contributed by atoms with Crippen molar-refractivity contribution < 1.29 is 5.11 Å². The summed E-state index contributed by atoms with van der Waals surface area (Å²) in [6, 6.07) is 4.10. The number of thiophene rings is 1. The smallest absolute Gasteiger partial charge is 0.152 e. The SMILES string of the molecule is C=C(O)C([C@H](Cc1ccc(Br)s1)c1nnn[nH]1)C(C)(C)C. The zero-order chi connectivity index (χ0) is 15.6. The van der Waals surface area contributed by atoms with Crippen LogP contribution in [-0.2, 0) is 6.42 Å². The maximum Gasteiger partial charge on any atom is 0.152 e. The van der Waals surface area contributed by atoms with E-state index < -0.39 is 0 Å². The summed E-state index contributed by atoms with van der Waals surface area (Å²) in [7, 11) is 0. The van der Waals surface area contributed by atoms with Gasteiger partial charge in [0.25, 0.3) is 0 Å². The fraction of sp³-hybridized carbons (Fsp3) is 0.500. The van der Waals surface area contributed by atoms with Crippen molar-refractivity contribution in [2.24, 2.45) is 11.3 Å². The number of halogens is 1. The van der Waals surface area contributed by atoms with E-state index >= 15 is 0 Å². The highest BCUT2D eigenvalue weighted by molar-refractivity contribution is 9.11. The molecule has 0 amide bonds. The number of aromatic nitrogens is 4. The van der Waals surface area contributed by atoms with Crippen LogP contribution in [0.5, 0.6) is 0 Å². The Hall–Kier alpha value is -1.21. The summed E-state index contributed by atoms with van der Waals surface area (Å²) in [4.78, 5) is 1.21. The third-order valence-electron chi connectivity index (χ3n) is 3.46. The molecular formula is C14H19BrN4OS. The summed E-state index contributed by atoms with van der Waals surface area (Å²) in [5.41, 5.74) is -0.155. The number of hydrogen-bond acceptors (Lipinski definition) is 5. The summed E-state index contributed by atoms with van der Waals surface area (Å²) >= 11 is 5.16. The Kier molecular flexibility index (Phi) is 4.83. The highest BCUT2D eigenvalue weighted by atomic mass is 79.9. The van der Waals surface area contributed by atoms with Crippen LogP contribution < -0.4 is 0 Å². The van der Waals surface area contributed by atoms with Crippen molar-refractivity contribution in [1.82, 2.24) is 20.6 Å². The average Bonchev–Trinajstić information content (AvgIpc) is 2.97. The van der Waals surface area contributed by atoms with E-state index in [1.54, 1.807) is 11.3 Å². The molecule has 0 saturated heterocycles. The van der Waals surface area contributed by atoms with E-state index in [1.807, 2.05) is 6.07 Å². The second kappa shape index (κ2) is 6.27. The van der Waals surface area contributed by atoms with E-state index in [9.17, 15) is 5.11 Å². The molecule has 1 unspecified atom stereocenters. The molecule has 2 atom stereocenters. The number of nitrogens with zero attached hydrogens (tertiary/aromatic N) is 3. The predicted octanol–water partition coefficient (Wildman–Crippen LogP) is 4.08. The monoisotopic (exact) mass is 370 g/mol. The lowest BCUT2D eigenvalue weighted by molar-refractivity contribution is 0.168. The predicted molar refractivity (Wildman–Crippen MR) is 87.4 cm³/mol. The molecule has 5 nitrogen and oxygen atoms in total. The number of nitrogens with one attached hydrogen (secondary N) is 1. The van der Waals surface area contributed by atoms with Gasteiger partial charge in [-0.1, -0.05) is 27.4 Å². The molecule has 0 aliphatic heterocycles. The van der Waals surface area contributed by atoms with Crippen LogP contribution in [0.1, 0.15) is 37.4 Å². The van der Waals surface area contributed by atoms with Crippen molar-refractivity contribution in [3.63, 3.8) is 0 Å². The van der Waals surface area contributed by atoms with Gasteiger partial charge in [0.1, 0.15) is 0 Å². The summed E-state index contributed by atoms with van der Waals surface area (Å²) < 4.78 is 1.09. The standard InChI is InChI=1S/C14H19BrN4OS/c1-8(20)12(14(2,3)4)10(13-16-18-19-17-13)7-9-5-6-11(15)21-9/h5-6,10,12,20H,1,7H2,2-4H3,(H,16,17,18,19)/t10-,12?/m0/s1. The first kappa shape index (κ1) is 16.2. The highest BCUT2D eigenvalue weighted by Gasteiger charge is 2.37. The summed E-state index contributed by atoms with van der Waals surface area (Å²) in [6.07, 6.45) is 0.745. The minimum absolute atomic E-state index is 0.0527. The lowest BCUT2D eigenvalue weighted by atomic mass is 9.70. The lowest BCUT2D eigenvalue weighted by Gasteiger charge is -2.35. The van der Waals surface area contributed by atoms with Gasteiger partial charge in [0.2, 0.25) is 0 Å². The molecule has 21 heavy (non-hydrogen) atoms. The zero-order valence-corrected chi connectivity index (χ0v) is 14.7. The van der Waals surface area contributed by atoms with Gasteiger partial charge < -0.3 is 5.11 Å². The van der Waals surface area contributed by atoms with Crippen LogP contribution in [0.15, 0.2) is 28.3 Å². The summed E-state index contributed by atoms with van der Waals surface area (Å²) in [6.45, 7) is 10.0. The Morgan fingerprint density at radius 2 is 2.19 bits per heavy atom. The maximum atomic E-state index is 10.1. The van der Waals surface area contributed by atoms with Crippen LogP contribution in [0.2, 0.25) is 0 Å². The maximum absolute atomic E-state index is 10.1. The number of aromatic amines is 1. The van der Waals surface area contributed by atoms with Crippen molar-refractivity contribution in [3.8, 4) is 0 Å². The van der Waals surface area contributed by atoms with Gasteiger partial charge in [-0.25, -0.2) is 5.10 Å². The Labute approximate surface area is 136 Å². The van der Waals surface area contributed by atoms with Crippen LogP contribution in [0.25, 0.3) is 0 Å². The zero-order valence-electron chi connectivity index (χ0n) is 12.3. The van der Waals surface area contributed by atoms with Gasteiger partial charge in [-0.15, -0.1) is 16.4 Å². The average molecular weight is 371 g/mol. The molecule has 0 aromatic carbocycles. The molecule has 0 spiro atoms. The van der Waals surface area contributed by atoms with Crippen LogP contribution in [0.4, 0.5) is 0 Å². The van der Waals surface area contributed by atoms with Crippen LogP contribution in [0, 0.1) is 11.3 Å². The highest BCUT2D eigenvalue weighted by Crippen LogP contribution is 2.42. The minimum atomic E-state index is -0.155. The molecule has 0 fully saturated rings. The molecule has 0 radical (unpaired) electrons. The number of tetrazole rings is 1. The van der Waals surface area contributed by atoms with Crippen LogP contribution in [-0.4, -0.2) is 25.7 Å². The van der Waals surface area contributed by atoms with Crippen molar-refractivity contribution in [2.75, 3.05) is 0 Å². The number of allylic oxidation sites excluding steroid dienone is 1. The molecule has 0 aliphatic rings. The van der Waals surface area contributed by atoms with Crippen molar-refractivity contribution in [2.45, 2.75) is 33.1 Å². The van der Waals surface area contributed by atoms with Crippen LogP contribution >= 0.6 is 27.3 Å². The Bertz CT molecular complexity index is 603. The first-order valence-corrected chi connectivity index (χ1v) is 8.25. The van der Waals surface area contributed by atoms with E-state index in [4.69, 9.17) is 0 Å². The van der Waals surface area contributed by atoms with Gasteiger partial charge in [0.05, 0.1) is 9.55 Å². The number of aliphatic hydroxyl groups excluding tert-OH is 1. The van der Waals surface area contributed by atoms with Gasteiger partial charge in [0, 0.05) is 16.7 Å². The fourth-order valence-electron chi connectivity index (χ4n) is 2.71. The van der Waals surface area contributed by atoms with E-state index in [1.165, 1.54) is 4.88 Å². The topological polar surface area (TPSA) is 74.7 Å². The summed E-state index contributed by atoms with van der Waals surface area (Å²) in [5.74, 6) is 0.644. The molecule has 2 heterocycles. The Balaban J connectivity index is 2.38. The van der Waals surface area contributed by atoms with Gasteiger partial charge in [-0.3, -0.25) is 0 Å². The van der Waals surface area contributed by atoms with Gasteiger partial charge in [-0.2, -0.15) is 0 Å². The Morgan fingerprint density at radius 3 is 2.62 bits per heavy atom. The van der Waals surface area contributed by atoms with Gasteiger partial charge >= 0.3 is 0 Å². The third kappa shape index (κ3) is 3.91. The molecule has 114 valence electrons. The first-order valence-electron chi connectivity index (χ1n) is 6.64. The van der Waals surface area contributed by atoms with E-state index in [-0.39, 0.29) is 23.0 Å². The van der Waals surface area contributed by atoms with Crippen molar-refractivity contribution in [1.29, 1.82) is 0 Å². The number of H-pyrrole nitrogens is 1. The Morgan fingerprint density at radius 1 is 1.48 bits per heavy atom. The molecule has 2 aromatic rings.